The molecule has 0 saturated heterocycles. The Hall–Kier alpha value is -3.58. The molecule has 1 aliphatic rings. The fourth-order valence-corrected chi connectivity index (χ4v) is 4.02. The molecule has 1 aromatic heterocycles. The zero-order valence-electron chi connectivity index (χ0n) is 17.3. The number of nitrogens with one attached hydrogen (secondary N) is 2. The van der Waals surface area contributed by atoms with Crippen LogP contribution in [0, 0.1) is 0 Å². The summed E-state index contributed by atoms with van der Waals surface area (Å²) in [6.45, 7) is 1.76. The van der Waals surface area contributed by atoms with Gasteiger partial charge in [0.2, 0.25) is 0 Å². The van der Waals surface area contributed by atoms with Crippen LogP contribution in [0.1, 0.15) is 24.0 Å². The van der Waals surface area contributed by atoms with Crippen molar-refractivity contribution in [3.05, 3.63) is 103 Å². The Labute approximate surface area is 183 Å². The third kappa shape index (κ3) is 3.57. The Bertz CT molecular complexity index is 1320. The number of amides is 1. The maximum Gasteiger partial charge on any atom is 0.332 e. The third-order valence-corrected chi connectivity index (χ3v) is 5.72. The Morgan fingerprint density at radius 3 is 2.29 bits per heavy atom. The number of aromatic nitrogens is 2. The lowest BCUT2D eigenvalue weighted by atomic mass is 9.81. The Morgan fingerprint density at radius 2 is 1.65 bits per heavy atom. The van der Waals surface area contributed by atoms with Crippen molar-refractivity contribution >= 4 is 29.0 Å². The van der Waals surface area contributed by atoms with Crippen LogP contribution in [0.4, 0.5) is 11.5 Å². The first-order valence-corrected chi connectivity index (χ1v) is 10.1. The summed E-state index contributed by atoms with van der Waals surface area (Å²) in [6.07, 6.45) is 0. The van der Waals surface area contributed by atoms with E-state index in [0.29, 0.717) is 33.4 Å². The lowest BCUT2D eigenvalue weighted by Gasteiger charge is -2.31. The van der Waals surface area contributed by atoms with Gasteiger partial charge in [0, 0.05) is 36.1 Å². The summed E-state index contributed by atoms with van der Waals surface area (Å²) < 4.78 is 2.44. The molecule has 2 aromatic carbocycles. The fraction of sp³-hybridized carbons (Fsp3) is 0.174. The number of carbonyl (C=O) groups is 1. The van der Waals surface area contributed by atoms with E-state index < -0.39 is 17.2 Å². The normalized spacial score (nSPS) is 15.3. The van der Waals surface area contributed by atoms with Crippen LogP contribution in [0.3, 0.4) is 0 Å². The van der Waals surface area contributed by atoms with Crippen molar-refractivity contribution in [1.82, 2.24) is 9.13 Å². The van der Waals surface area contributed by atoms with Gasteiger partial charge in [-0.1, -0.05) is 41.9 Å². The van der Waals surface area contributed by atoms with Crippen LogP contribution in [0.25, 0.3) is 0 Å². The standard InChI is InChI=1S/C23H21ClN4O3/c1-13-17(21(29)26-16-7-5-4-6-8-16)18(14-9-11-15(24)12-10-14)19-20(25-13)27(2)23(31)28(3)22(19)30/h4-12,18,25H,1-3H3,(H,26,29)/t18-/m1/s1. The van der Waals surface area contributed by atoms with Gasteiger partial charge in [-0.3, -0.25) is 18.7 Å². The molecular formula is C23H21ClN4O3. The van der Waals surface area contributed by atoms with Crippen LogP contribution in [-0.4, -0.2) is 15.0 Å². The van der Waals surface area contributed by atoms with Gasteiger partial charge >= 0.3 is 5.69 Å². The number of nitrogens with zero attached hydrogens (tertiary/aromatic N) is 2. The Morgan fingerprint density at radius 1 is 1.00 bits per heavy atom. The topological polar surface area (TPSA) is 85.1 Å². The summed E-state index contributed by atoms with van der Waals surface area (Å²) in [5, 5.41) is 6.55. The number of fused-ring (bicyclic) bond motifs is 1. The van der Waals surface area contributed by atoms with Gasteiger partial charge in [-0.2, -0.15) is 0 Å². The highest BCUT2D eigenvalue weighted by Crippen LogP contribution is 2.40. The first kappa shape index (κ1) is 20.7. The summed E-state index contributed by atoms with van der Waals surface area (Å²) in [6, 6.07) is 16.1. The number of carbonyl (C=O) groups excluding carboxylic acids is 1. The molecule has 0 spiro atoms. The molecule has 0 aliphatic carbocycles. The predicted octanol–water partition coefficient (Wildman–Crippen LogP) is 3.21. The van der Waals surface area contributed by atoms with Crippen molar-refractivity contribution in [1.29, 1.82) is 0 Å². The average molecular weight is 437 g/mol. The molecule has 158 valence electrons. The number of hydrogen-bond donors (Lipinski definition) is 2. The first-order chi connectivity index (χ1) is 14.8. The maximum atomic E-state index is 13.4. The second-order valence-corrected chi connectivity index (χ2v) is 7.87. The predicted molar refractivity (Wildman–Crippen MR) is 122 cm³/mol. The third-order valence-electron chi connectivity index (χ3n) is 5.47. The minimum atomic E-state index is -0.678. The van der Waals surface area contributed by atoms with Gasteiger partial charge in [0.15, 0.2) is 0 Å². The molecule has 0 unspecified atom stereocenters. The molecule has 2 N–H and O–H groups in total. The van der Waals surface area contributed by atoms with Crippen molar-refractivity contribution in [2.75, 3.05) is 10.6 Å². The molecule has 0 bridgehead atoms. The van der Waals surface area contributed by atoms with E-state index >= 15 is 0 Å². The van der Waals surface area contributed by atoms with E-state index in [0.717, 1.165) is 10.1 Å². The minimum absolute atomic E-state index is 0.329. The van der Waals surface area contributed by atoms with Gasteiger partial charge in [0.25, 0.3) is 11.5 Å². The number of allylic oxidation sites excluding steroid dienone is 1. The van der Waals surface area contributed by atoms with E-state index in [4.69, 9.17) is 11.6 Å². The van der Waals surface area contributed by atoms with Gasteiger partial charge in [-0.15, -0.1) is 0 Å². The smallest absolute Gasteiger partial charge is 0.332 e. The quantitative estimate of drug-likeness (QED) is 0.660. The first-order valence-electron chi connectivity index (χ1n) is 9.69. The monoisotopic (exact) mass is 436 g/mol. The number of para-hydroxylation sites is 1. The Kier molecular flexibility index (Phi) is 5.29. The van der Waals surface area contributed by atoms with E-state index in [1.165, 1.54) is 11.6 Å². The molecule has 8 heteroatoms. The van der Waals surface area contributed by atoms with Gasteiger partial charge < -0.3 is 10.6 Å². The highest BCUT2D eigenvalue weighted by molar-refractivity contribution is 6.30. The molecule has 1 amide bonds. The van der Waals surface area contributed by atoms with Crippen molar-refractivity contribution in [3.63, 3.8) is 0 Å². The molecule has 4 rings (SSSR count). The van der Waals surface area contributed by atoms with E-state index in [9.17, 15) is 14.4 Å². The number of anilines is 2. The van der Waals surface area contributed by atoms with Crippen LogP contribution < -0.4 is 21.9 Å². The lowest BCUT2D eigenvalue weighted by Crippen LogP contribution is -2.43. The van der Waals surface area contributed by atoms with Gasteiger partial charge in [0.05, 0.1) is 11.5 Å². The van der Waals surface area contributed by atoms with E-state index in [-0.39, 0.29) is 5.91 Å². The van der Waals surface area contributed by atoms with Crippen LogP contribution >= 0.6 is 11.6 Å². The van der Waals surface area contributed by atoms with Gasteiger partial charge in [0.1, 0.15) is 5.82 Å². The van der Waals surface area contributed by atoms with Crippen LogP contribution in [0.5, 0.6) is 0 Å². The number of benzene rings is 2. The van der Waals surface area contributed by atoms with E-state index in [1.54, 1.807) is 50.4 Å². The summed E-state index contributed by atoms with van der Waals surface area (Å²) in [4.78, 5) is 39.1. The number of halogens is 1. The molecule has 0 fully saturated rings. The van der Waals surface area contributed by atoms with Gasteiger partial charge in [-0.25, -0.2) is 4.79 Å². The van der Waals surface area contributed by atoms with E-state index in [2.05, 4.69) is 10.6 Å². The molecule has 3 aromatic rings. The molecule has 31 heavy (non-hydrogen) atoms. The highest BCUT2D eigenvalue weighted by atomic mass is 35.5. The summed E-state index contributed by atoms with van der Waals surface area (Å²) in [5.41, 5.74) is 1.75. The molecule has 0 saturated carbocycles. The highest BCUT2D eigenvalue weighted by Gasteiger charge is 2.36. The molecular weight excluding hydrogens is 416 g/mol. The van der Waals surface area contributed by atoms with Crippen molar-refractivity contribution in [3.8, 4) is 0 Å². The summed E-state index contributed by atoms with van der Waals surface area (Å²) >= 11 is 6.07. The van der Waals surface area contributed by atoms with Crippen molar-refractivity contribution < 1.29 is 4.79 Å². The lowest BCUT2D eigenvalue weighted by molar-refractivity contribution is -0.113. The van der Waals surface area contributed by atoms with Gasteiger partial charge in [-0.05, 0) is 36.8 Å². The zero-order chi connectivity index (χ0) is 22.3. The van der Waals surface area contributed by atoms with Crippen LogP contribution in [-0.2, 0) is 18.9 Å². The molecule has 7 nitrogen and oxygen atoms in total. The minimum Gasteiger partial charge on any atom is -0.344 e. The molecule has 2 heterocycles. The van der Waals surface area contributed by atoms with Crippen LogP contribution in [0.15, 0.2) is 75.5 Å². The second-order valence-electron chi connectivity index (χ2n) is 7.44. The largest absolute Gasteiger partial charge is 0.344 e. The second kappa shape index (κ2) is 7.92. The molecule has 1 aliphatic heterocycles. The number of hydrogen-bond acceptors (Lipinski definition) is 4. The van der Waals surface area contributed by atoms with Crippen molar-refractivity contribution in [2.24, 2.45) is 14.1 Å². The zero-order valence-corrected chi connectivity index (χ0v) is 18.0. The molecule has 1 atom stereocenters. The van der Waals surface area contributed by atoms with Crippen molar-refractivity contribution in [2.45, 2.75) is 12.8 Å². The summed E-state index contributed by atoms with van der Waals surface area (Å²) in [5.74, 6) is -0.637. The average Bonchev–Trinajstić information content (AvgIpc) is 2.76. The maximum absolute atomic E-state index is 13.4. The Balaban J connectivity index is 1.95. The fourth-order valence-electron chi connectivity index (χ4n) is 3.90. The van der Waals surface area contributed by atoms with Crippen LogP contribution in [0.2, 0.25) is 5.02 Å². The SMILES string of the molecule is CC1=C(C(=O)Nc2ccccc2)[C@@H](c2ccc(Cl)cc2)c2c(n(C)c(=O)n(C)c2=O)N1. The molecule has 0 radical (unpaired) electrons. The van der Waals surface area contributed by atoms with E-state index in [1.807, 2.05) is 18.2 Å². The summed E-state index contributed by atoms with van der Waals surface area (Å²) in [7, 11) is 3.02. The number of rotatable bonds is 3.